The second-order valence-electron chi connectivity index (χ2n) is 8.99. The number of amides is 1. The Balaban J connectivity index is 1.71. The van der Waals surface area contributed by atoms with Crippen molar-refractivity contribution < 1.29 is 14.7 Å². The van der Waals surface area contributed by atoms with Crippen LogP contribution in [-0.4, -0.2) is 34.6 Å². The maximum absolute atomic E-state index is 12.6. The molecule has 0 bridgehead atoms. The number of carboxylic acid groups (broad SMARTS) is 1. The van der Waals surface area contributed by atoms with Crippen molar-refractivity contribution in [3.05, 3.63) is 81.9 Å². The van der Waals surface area contributed by atoms with Gasteiger partial charge in [0.25, 0.3) is 5.91 Å². The molecule has 2 aromatic carbocycles. The van der Waals surface area contributed by atoms with Crippen molar-refractivity contribution >= 4 is 28.3 Å². The quantitative estimate of drug-likeness (QED) is 0.393. The number of carbonyl (C=O) groups is 2. The minimum absolute atomic E-state index is 0.170. The zero-order chi connectivity index (χ0) is 24.7. The molecule has 0 aliphatic rings. The second kappa shape index (κ2) is 11.8. The molecule has 3 rings (SSSR count). The highest BCUT2D eigenvalue weighted by Gasteiger charge is 2.22. The molecule has 34 heavy (non-hydrogen) atoms. The highest BCUT2D eigenvalue weighted by Crippen LogP contribution is 2.27. The van der Waals surface area contributed by atoms with Gasteiger partial charge in [0.05, 0.1) is 5.69 Å². The molecule has 6 nitrogen and oxygen atoms in total. The molecule has 0 spiro atoms. The summed E-state index contributed by atoms with van der Waals surface area (Å²) in [5.41, 5.74) is 3.84. The van der Waals surface area contributed by atoms with Crippen molar-refractivity contribution in [3.63, 3.8) is 0 Å². The summed E-state index contributed by atoms with van der Waals surface area (Å²) in [4.78, 5) is 32.3. The van der Waals surface area contributed by atoms with Gasteiger partial charge in [0.1, 0.15) is 6.04 Å². The minimum atomic E-state index is -1.01. The van der Waals surface area contributed by atoms with Gasteiger partial charge in [-0.1, -0.05) is 56.3 Å². The standard InChI is InChI=1S/C27H33N3O3S/c1-18(2)16-24(26(32)33)29-25(31)23-12-10-22(11-13-23)17-30(27-28-19(3)20(4)34-27)15-14-21-8-6-5-7-9-21/h5-13,18,24H,14-17H2,1-4H3,(H,29,31)(H,32,33). The molecule has 7 heteroatoms. The fourth-order valence-corrected chi connectivity index (χ4v) is 4.59. The van der Waals surface area contributed by atoms with Gasteiger partial charge in [-0.15, -0.1) is 11.3 Å². The maximum atomic E-state index is 12.6. The fourth-order valence-electron chi connectivity index (χ4n) is 3.66. The first-order chi connectivity index (χ1) is 16.2. The molecule has 0 saturated heterocycles. The molecule has 2 N–H and O–H groups in total. The number of hydrogen-bond acceptors (Lipinski definition) is 5. The van der Waals surface area contributed by atoms with Crippen molar-refractivity contribution in [2.75, 3.05) is 11.4 Å². The Bertz CT molecular complexity index is 1070. The number of thiazole rings is 1. The summed E-state index contributed by atoms with van der Waals surface area (Å²) in [6.45, 7) is 9.49. The molecule has 1 aromatic heterocycles. The summed E-state index contributed by atoms with van der Waals surface area (Å²) in [6.07, 6.45) is 1.30. The third-order valence-electron chi connectivity index (χ3n) is 5.70. The number of anilines is 1. The Kier molecular flexibility index (Phi) is 8.82. The van der Waals surface area contributed by atoms with Gasteiger partial charge in [-0.3, -0.25) is 4.79 Å². The van der Waals surface area contributed by atoms with Crippen molar-refractivity contribution in [2.24, 2.45) is 5.92 Å². The highest BCUT2D eigenvalue weighted by atomic mass is 32.1. The van der Waals surface area contributed by atoms with Gasteiger partial charge in [0, 0.05) is 23.5 Å². The van der Waals surface area contributed by atoms with E-state index in [0.29, 0.717) is 18.5 Å². The summed E-state index contributed by atoms with van der Waals surface area (Å²) in [6, 6.07) is 16.9. The van der Waals surface area contributed by atoms with Crippen molar-refractivity contribution in [1.29, 1.82) is 0 Å². The minimum Gasteiger partial charge on any atom is -0.480 e. The van der Waals surface area contributed by atoms with Gasteiger partial charge in [0.15, 0.2) is 5.13 Å². The molecular formula is C27H33N3O3S. The van der Waals surface area contributed by atoms with Gasteiger partial charge < -0.3 is 15.3 Å². The summed E-state index contributed by atoms with van der Waals surface area (Å²) in [5.74, 6) is -1.21. The number of carboxylic acids is 1. The molecule has 0 aliphatic heterocycles. The van der Waals surface area contributed by atoms with Gasteiger partial charge in [-0.2, -0.15) is 0 Å². The molecule has 1 amide bonds. The fraction of sp³-hybridized carbons (Fsp3) is 0.370. The van der Waals surface area contributed by atoms with Crippen LogP contribution >= 0.6 is 11.3 Å². The van der Waals surface area contributed by atoms with E-state index in [-0.39, 0.29) is 11.8 Å². The Morgan fingerprint density at radius 1 is 1.03 bits per heavy atom. The number of benzene rings is 2. The summed E-state index contributed by atoms with van der Waals surface area (Å²) < 4.78 is 0. The first-order valence-electron chi connectivity index (χ1n) is 11.6. The van der Waals surface area contributed by atoms with Crippen LogP contribution in [0.4, 0.5) is 5.13 Å². The van der Waals surface area contributed by atoms with Crippen LogP contribution in [0.25, 0.3) is 0 Å². The summed E-state index contributed by atoms with van der Waals surface area (Å²) in [5, 5.41) is 13.0. The van der Waals surface area contributed by atoms with E-state index in [1.807, 2.05) is 39.0 Å². The molecule has 1 unspecified atom stereocenters. The Hall–Kier alpha value is -3.19. The van der Waals surface area contributed by atoms with E-state index in [2.05, 4.69) is 41.4 Å². The van der Waals surface area contributed by atoms with Crippen LogP contribution in [0.5, 0.6) is 0 Å². The normalized spacial score (nSPS) is 11.9. The summed E-state index contributed by atoms with van der Waals surface area (Å²) >= 11 is 1.69. The molecule has 1 atom stereocenters. The van der Waals surface area contributed by atoms with Crippen LogP contribution in [0, 0.1) is 19.8 Å². The lowest BCUT2D eigenvalue weighted by atomic mass is 10.0. The first-order valence-corrected chi connectivity index (χ1v) is 12.4. The lowest BCUT2D eigenvalue weighted by Crippen LogP contribution is -2.41. The lowest BCUT2D eigenvalue weighted by molar-refractivity contribution is -0.139. The molecular weight excluding hydrogens is 446 g/mol. The van der Waals surface area contributed by atoms with E-state index in [9.17, 15) is 14.7 Å². The number of nitrogens with zero attached hydrogens (tertiary/aromatic N) is 2. The Morgan fingerprint density at radius 3 is 2.26 bits per heavy atom. The highest BCUT2D eigenvalue weighted by molar-refractivity contribution is 7.15. The lowest BCUT2D eigenvalue weighted by Gasteiger charge is -2.22. The van der Waals surface area contributed by atoms with Crippen molar-refractivity contribution in [1.82, 2.24) is 10.3 Å². The molecule has 0 aliphatic carbocycles. The number of hydrogen-bond donors (Lipinski definition) is 2. The van der Waals surface area contributed by atoms with Gasteiger partial charge >= 0.3 is 5.97 Å². The number of aryl methyl sites for hydroxylation is 2. The molecule has 3 aromatic rings. The average Bonchev–Trinajstić information content (AvgIpc) is 3.14. The van der Waals surface area contributed by atoms with E-state index in [1.165, 1.54) is 10.4 Å². The van der Waals surface area contributed by atoms with Crippen molar-refractivity contribution in [3.8, 4) is 0 Å². The van der Waals surface area contributed by atoms with Crippen molar-refractivity contribution in [2.45, 2.75) is 53.1 Å². The van der Waals surface area contributed by atoms with Crippen LogP contribution in [0.15, 0.2) is 54.6 Å². The molecule has 180 valence electrons. The van der Waals surface area contributed by atoms with Crippen LogP contribution < -0.4 is 10.2 Å². The van der Waals surface area contributed by atoms with Crippen LogP contribution in [0.3, 0.4) is 0 Å². The monoisotopic (exact) mass is 479 g/mol. The topological polar surface area (TPSA) is 82.5 Å². The van der Waals surface area contributed by atoms with E-state index in [4.69, 9.17) is 4.98 Å². The third-order valence-corrected chi connectivity index (χ3v) is 6.83. The first kappa shape index (κ1) is 25.4. The van der Waals surface area contributed by atoms with Gasteiger partial charge in [-0.25, -0.2) is 9.78 Å². The van der Waals surface area contributed by atoms with E-state index in [0.717, 1.165) is 29.4 Å². The van der Waals surface area contributed by atoms with E-state index < -0.39 is 12.0 Å². The summed E-state index contributed by atoms with van der Waals surface area (Å²) in [7, 11) is 0. The zero-order valence-corrected chi connectivity index (χ0v) is 21.1. The Labute approximate surface area is 205 Å². The van der Waals surface area contributed by atoms with Crippen LogP contribution in [-0.2, 0) is 17.8 Å². The van der Waals surface area contributed by atoms with E-state index >= 15 is 0 Å². The number of aliphatic carboxylic acids is 1. The van der Waals surface area contributed by atoms with Gasteiger partial charge in [-0.05, 0) is 55.9 Å². The molecule has 1 heterocycles. The molecule has 0 radical (unpaired) electrons. The SMILES string of the molecule is Cc1nc(N(CCc2ccccc2)Cc2ccc(C(=O)NC(CC(C)C)C(=O)O)cc2)sc1C. The largest absolute Gasteiger partial charge is 0.480 e. The van der Waals surface area contributed by atoms with Crippen LogP contribution in [0.2, 0.25) is 0 Å². The molecule has 0 fully saturated rings. The predicted octanol–water partition coefficient (Wildman–Crippen LogP) is 5.24. The number of nitrogens with one attached hydrogen (secondary N) is 1. The predicted molar refractivity (Wildman–Crippen MR) is 138 cm³/mol. The van der Waals surface area contributed by atoms with Crippen LogP contribution in [0.1, 0.15) is 52.3 Å². The number of carbonyl (C=O) groups excluding carboxylic acids is 1. The maximum Gasteiger partial charge on any atom is 0.326 e. The Morgan fingerprint density at radius 2 is 1.71 bits per heavy atom. The zero-order valence-electron chi connectivity index (χ0n) is 20.2. The average molecular weight is 480 g/mol. The smallest absolute Gasteiger partial charge is 0.326 e. The molecule has 0 saturated carbocycles. The number of aromatic nitrogens is 1. The van der Waals surface area contributed by atoms with Gasteiger partial charge in [0.2, 0.25) is 0 Å². The van der Waals surface area contributed by atoms with E-state index in [1.54, 1.807) is 23.5 Å². The third kappa shape index (κ3) is 7.15. The second-order valence-corrected chi connectivity index (χ2v) is 10.2. The number of rotatable bonds is 11.